The lowest BCUT2D eigenvalue weighted by Crippen LogP contribution is -2.82. The van der Waals surface area contributed by atoms with Gasteiger partial charge in [0.2, 0.25) is 0 Å². The van der Waals surface area contributed by atoms with Crippen LogP contribution in [0.2, 0.25) is 0 Å². The molecule has 0 unspecified atom stereocenters. The van der Waals surface area contributed by atoms with Crippen LogP contribution in [0.1, 0.15) is 0 Å². The summed E-state index contributed by atoms with van der Waals surface area (Å²) in [7, 11) is 0.500. The molecule has 9 heteroatoms. The van der Waals surface area contributed by atoms with Crippen LogP contribution < -0.4 is 0 Å². The van der Waals surface area contributed by atoms with E-state index in [0.29, 0.717) is 7.18 Å². The van der Waals surface area contributed by atoms with Gasteiger partial charge < -0.3 is 0 Å². The lowest BCUT2D eigenvalue weighted by Gasteiger charge is -2.49. The molecule has 1 rings (SSSR count). The predicted octanol–water partition coefficient (Wildman–Crippen LogP) is 3.13. The Morgan fingerprint density at radius 3 is 0.571 bits per heavy atom. The fraction of sp³-hybridized carbons (Fsp3) is 1.00. The molecule has 0 radical (unpaired) electrons. The molecule has 1 saturated carbocycles. The van der Waals surface area contributed by atoms with Crippen molar-refractivity contribution >= 4 is 0 Å². The van der Waals surface area contributed by atoms with Crippen molar-refractivity contribution in [2.24, 2.45) is 0 Å². The van der Waals surface area contributed by atoms with Crippen molar-refractivity contribution in [1.29, 1.82) is 0 Å². The quantitative estimate of drug-likeness (QED) is 0.565. The van der Waals surface area contributed by atoms with Gasteiger partial charge in [-0.15, -0.1) is 0 Å². The van der Waals surface area contributed by atoms with Crippen LogP contribution in [0.15, 0.2) is 0 Å². The van der Waals surface area contributed by atoms with Crippen LogP contribution >= 0.6 is 0 Å². The highest BCUT2D eigenvalue weighted by Gasteiger charge is 3.01. The van der Waals surface area contributed by atoms with E-state index in [2.05, 4.69) is 0 Å². The molecule has 1 fully saturated rings. The molecule has 0 nitrogen and oxygen atoms in total. The van der Waals surface area contributed by atoms with Gasteiger partial charge >= 0.3 is 23.7 Å². The Morgan fingerprint density at radius 2 is 0.500 bits per heavy atom. The van der Waals surface area contributed by atoms with Crippen molar-refractivity contribution in [3.05, 3.63) is 0 Å². The first-order valence-electron chi connectivity index (χ1n) is 2.89. The summed E-state index contributed by atoms with van der Waals surface area (Å²) in [5.74, 6) is -23.9. The summed E-state index contributed by atoms with van der Waals surface area (Å²) in [6.45, 7) is 0. The second-order valence-corrected chi connectivity index (χ2v) is 2.30. The van der Waals surface area contributed by atoms with Crippen LogP contribution in [-0.4, -0.2) is 30.9 Å². The summed E-state index contributed by atoms with van der Waals surface area (Å²) in [6, 6.07) is 0. The van der Waals surface area contributed by atoms with E-state index >= 15 is 0 Å². The van der Waals surface area contributed by atoms with Crippen LogP contribution in [-0.2, 0) is 0 Å². The van der Waals surface area contributed by atoms with Crippen molar-refractivity contribution in [1.82, 2.24) is 0 Å². The molecular weight excluding hydrogens is 231 g/mol. The standard InChI is InChI=1S/C4F8.CH3F/c5-1(6)2(7,8)4(11,12)3(1,9)10;1-2/h;1H3. The summed E-state index contributed by atoms with van der Waals surface area (Å²) in [4.78, 5) is 0. The summed E-state index contributed by atoms with van der Waals surface area (Å²) >= 11 is 0. The second kappa shape index (κ2) is 2.93. The van der Waals surface area contributed by atoms with Crippen LogP contribution in [0, 0.1) is 0 Å². The minimum absolute atomic E-state index is 0.500. The maximum absolute atomic E-state index is 11.6. The van der Waals surface area contributed by atoms with E-state index in [4.69, 9.17) is 0 Å². The normalized spacial score (nSPS) is 29.6. The molecule has 0 heterocycles. The highest BCUT2D eigenvalue weighted by Crippen LogP contribution is 2.69. The first-order valence-corrected chi connectivity index (χ1v) is 2.89. The molecule has 0 aromatic rings. The first-order chi connectivity index (χ1) is 6.00. The smallest absolute Gasteiger partial charge is 0.255 e. The number of hydrogen-bond donors (Lipinski definition) is 0. The monoisotopic (exact) mass is 234 g/mol. The van der Waals surface area contributed by atoms with Gasteiger partial charge in [-0.2, -0.15) is 35.1 Å². The lowest BCUT2D eigenvalue weighted by molar-refractivity contribution is -0.506. The molecule has 0 bridgehead atoms. The molecule has 0 amide bonds. The molecule has 0 spiro atoms. The third-order valence-electron chi connectivity index (χ3n) is 1.58. The van der Waals surface area contributed by atoms with E-state index in [0.717, 1.165) is 0 Å². The summed E-state index contributed by atoms with van der Waals surface area (Å²) in [6.07, 6.45) is 0. The van der Waals surface area contributed by atoms with Crippen molar-refractivity contribution in [3.63, 3.8) is 0 Å². The Balaban J connectivity index is 0.000000791. The third-order valence-corrected chi connectivity index (χ3v) is 1.58. The molecule has 0 aromatic heterocycles. The van der Waals surface area contributed by atoms with Crippen molar-refractivity contribution in [2.75, 3.05) is 7.18 Å². The Kier molecular flexibility index (Phi) is 2.80. The highest BCUT2D eigenvalue weighted by molar-refractivity contribution is 5.22. The number of hydrogen-bond acceptors (Lipinski definition) is 0. The van der Waals surface area contributed by atoms with Crippen molar-refractivity contribution < 1.29 is 39.5 Å². The summed E-state index contributed by atoms with van der Waals surface area (Å²) in [5.41, 5.74) is 0. The second-order valence-electron chi connectivity index (χ2n) is 2.30. The van der Waals surface area contributed by atoms with Gasteiger partial charge in [0.1, 0.15) is 0 Å². The average molecular weight is 234 g/mol. The van der Waals surface area contributed by atoms with E-state index < -0.39 is 23.7 Å². The SMILES string of the molecule is CF.FC1(F)C(F)(F)C(F)(F)C1(F)F. The number of halogens is 9. The maximum atomic E-state index is 11.6. The van der Waals surface area contributed by atoms with E-state index in [1.54, 1.807) is 0 Å². The Hall–Kier alpha value is -0.630. The van der Waals surface area contributed by atoms with Crippen LogP contribution in [0.25, 0.3) is 0 Å². The molecule has 0 atom stereocenters. The molecule has 0 aliphatic heterocycles. The Bertz CT molecular complexity index is 153. The maximum Gasteiger partial charge on any atom is 0.385 e. The molecule has 1 aliphatic carbocycles. The van der Waals surface area contributed by atoms with Gasteiger partial charge in [0, 0.05) is 0 Å². The molecule has 0 N–H and O–H groups in total. The fourth-order valence-corrected chi connectivity index (χ4v) is 0.726. The highest BCUT2D eigenvalue weighted by atomic mass is 19.4. The van der Waals surface area contributed by atoms with Gasteiger partial charge in [-0.3, -0.25) is 4.39 Å². The lowest BCUT2D eigenvalue weighted by atomic mass is 9.80. The first kappa shape index (κ1) is 13.4. The third kappa shape index (κ3) is 0.977. The minimum atomic E-state index is -5.97. The van der Waals surface area contributed by atoms with E-state index in [1.165, 1.54) is 0 Å². The fourth-order valence-electron chi connectivity index (χ4n) is 0.726. The average Bonchev–Trinajstić information content (AvgIpc) is 2.05. The van der Waals surface area contributed by atoms with Gasteiger partial charge in [0.15, 0.2) is 0 Å². The summed E-state index contributed by atoms with van der Waals surface area (Å²) in [5, 5.41) is 0. The Morgan fingerprint density at radius 1 is 0.429 bits per heavy atom. The van der Waals surface area contributed by atoms with Gasteiger partial charge in [-0.05, 0) is 0 Å². The Labute approximate surface area is 71.7 Å². The zero-order valence-corrected chi connectivity index (χ0v) is 6.40. The topological polar surface area (TPSA) is 0 Å². The van der Waals surface area contributed by atoms with Crippen LogP contribution in [0.5, 0.6) is 0 Å². The van der Waals surface area contributed by atoms with Gasteiger partial charge in [-0.1, -0.05) is 0 Å². The van der Waals surface area contributed by atoms with E-state index in [9.17, 15) is 39.5 Å². The molecule has 86 valence electrons. The zero-order chi connectivity index (χ0) is 12.0. The largest absolute Gasteiger partial charge is 0.385 e. The number of alkyl halides is 9. The van der Waals surface area contributed by atoms with E-state index in [-0.39, 0.29) is 0 Å². The molecule has 0 aromatic carbocycles. The molecular formula is C5H3F9. The van der Waals surface area contributed by atoms with Gasteiger partial charge in [-0.25, -0.2) is 0 Å². The minimum Gasteiger partial charge on any atom is -0.255 e. The summed E-state index contributed by atoms with van der Waals surface area (Å²) < 4.78 is 102. The molecule has 1 aliphatic rings. The van der Waals surface area contributed by atoms with Crippen LogP contribution in [0.4, 0.5) is 39.5 Å². The van der Waals surface area contributed by atoms with Gasteiger partial charge in [0.25, 0.3) is 0 Å². The van der Waals surface area contributed by atoms with Gasteiger partial charge in [0.05, 0.1) is 7.18 Å². The molecule has 0 saturated heterocycles. The van der Waals surface area contributed by atoms with Crippen molar-refractivity contribution in [2.45, 2.75) is 23.7 Å². The van der Waals surface area contributed by atoms with E-state index in [1.807, 2.05) is 0 Å². The predicted molar refractivity (Wildman–Crippen MR) is 26.8 cm³/mol. The van der Waals surface area contributed by atoms with Crippen molar-refractivity contribution in [3.8, 4) is 0 Å². The zero-order valence-electron chi connectivity index (χ0n) is 6.40. The van der Waals surface area contributed by atoms with Crippen LogP contribution in [0.3, 0.4) is 0 Å². The molecule has 14 heavy (non-hydrogen) atoms. The number of rotatable bonds is 0.